The van der Waals surface area contributed by atoms with Crippen molar-refractivity contribution >= 4 is 5.78 Å². The van der Waals surface area contributed by atoms with Gasteiger partial charge in [-0.25, -0.2) is 5.48 Å². The van der Waals surface area contributed by atoms with Crippen molar-refractivity contribution in [2.45, 2.75) is 13.3 Å². The minimum absolute atomic E-state index is 0.176. The molecule has 0 heterocycles. The molecule has 0 fully saturated rings. The topological polar surface area (TPSA) is 38.3 Å². The van der Waals surface area contributed by atoms with E-state index in [0.717, 1.165) is 0 Å². The lowest BCUT2D eigenvalue weighted by atomic mass is 10.3. The van der Waals surface area contributed by atoms with Gasteiger partial charge in [0.1, 0.15) is 5.78 Å². The highest BCUT2D eigenvalue weighted by Gasteiger charge is 1.88. The molecular weight excluding hydrogens is 106 g/mol. The molecule has 0 saturated carbocycles. The minimum Gasteiger partial charge on any atom is -0.305 e. The maximum absolute atomic E-state index is 10.2. The molecule has 0 aliphatic carbocycles. The van der Waals surface area contributed by atoms with Crippen LogP contribution in [0.15, 0.2) is 0 Å². The van der Waals surface area contributed by atoms with Crippen LogP contribution in [0.4, 0.5) is 0 Å². The molecule has 0 aromatic carbocycles. The average Bonchev–Trinajstić information content (AvgIpc) is 1.66. The van der Waals surface area contributed by atoms with Gasteiger partial charge in [0, 0.05) is 13.0 Å². The van der Waals surface area contributed by atoms with Gasteiger partial charge in [-0.15, -0.1) is 0 Å². The molecule has 3 nitrogen and oxygen atoms in total. The summed E-state index contributed by atoms with van der Waals surface area (Å²) in [4.78, 5) is 14.7. The molecule has 48 valence electrons. The fourth-order valence-electron chi connectivity index (χ4n) is 0.329. The van der Waals surface area contributed by atoms with Crippen LogP contribution in [0.5, 0.6) is 0 Å². The summed E-state index contributed by atoms with van der Waals surface area (Å²) in [7, 11) is 1.53. The highest BCUT2D eigenvalue weighted by atomic mass is 16.6. The van der Waals surface area contributed by atoms with Gasteiger partial charge in [0.25, 0.3) is 0 Å². The van der Waals surface area contributed by atoms with Crippen LogP contribution in [0.25, 0.3) is 0 Å². The lowest BCUT2D eigenvalue weighted by Gasteiger charge is -1.95. The van der Waals surface area contributed by atoms with E-state index < -0.39 is 0 Å². The molecule has 0 unspecified atom stereocenters. The predicted octanol–water partition coefficient (Wildman–Crippen LogP) is 0.116. The van der Waals surface area contributed by atoms with Crippen molar-refractivity contribution < 1.29 is 9.63 Å². The first kappa shape index (κ1) is 7.59. The van der Waals surface area contributed by atoms with Crippen molar-refractivity contribution in [3.63, 3.8) is 0 Å². The van der Waals surface area contributed by atoms with Crippen molar-refractivity contribution in [3.05, 3.63) is 0 Å². The summed E-state index contributed by atoms with van der Waals surface area (Å²) >= 11 is 0. The summed E-state index contributed by atoms with van der Waals surface area (Å²) in [6.07, 6.45) is 0.536. The van der Waals surface area contributed by atoms with E-state index in [1.54, 1.807) is 6.92 Å². The van der Waals surface area contributed by atoms with Gasteiger partial charge in [-0.05, 0) is 6.92 Å². The number of ketones is 1. The minimum atomic E-state index is 0.176. The van der Waals surface area contributed by atoms with E-state index in [2.05, 4.69) is 10.3 Å². The van der Waals surface area contributed by atoms with Crippen LogP contribution in [-0.4, -0.2) is 19.4 Å². The molecule has 0 spiro atoms. The fraction of sp³-hybridized carbons (Fsp3) is 0.800. The molecule has 1 N–H and O–H groups in total. The fourth-order valence-corrected chi connectivity index (χ4v) is 0.329. The molecule has 0 saturated heterocycles. The summed E-state index contributed by atoms with van der Waals surface area (Å²) in [5, 5.41) is 0. The monoisotopic (exact) mass is 117 g/mol. The number of Topliss-reactive ketones (excluding diaryl/α,β-unsaturated/α-hetero) is 1. The van der Waals surface area contributed by atoms with E-state index in [1.807, 2.05) is 0 Å². The Morgan fingerprint density at radius 2 is 2.38 bits per heavy atom. The largest absolute Gasteiger partial charge is 0.305 e. The lowest BCUT2D eigenvalue weighted by molar-refractivity contribution is -0.117. The second-order valence-electron chi connectivity index (χ2n) is 1.55. The third-order valence-electron chi connectivity index (χ3n) is 0.723. The smallest absolute Gasteiger partial charge is 0.131 e. The van der Waals surface area contributed by atoms with E-state index in [1.165, 1.54) is 7.11 Å². The Morgan fingerprint density at radius 1 is 1.75 bits per heavy atom. The zero-order valence-corrected chi connectivity index (χ0v) is 5.23. The molecule has 0 bridgehead atoms. The number of nitrogens with one attached hydrogen (secondary N) is 1. The first-order chi connectivity index (χ1) is 3.77. The highest BCUT2D eigenvalue weighted by molar-refractivity contribution is 5.75. The zero-order valence-electron chi connectivity index (χ0n) is 5.23. The van der Waals surface area contributed by atoms with Gasteiger partial charge in [-0.2, -0.15) is 0 Å². The van der Waals surface area contributed by atoms with Crippen LogP contribution in [0, 0.1) is 0 Å². The summed E-state index contributed by atoms with van der Waals surface area (Å²) in [5.74, 6) is 0.176. The highest BCUT2D eigenvalue weighted by Crippen LogP contribution is 1.75. The average molecular weight is 117 g/mol. The third-order valence-corrected chi connectivity index (χ3v) is 0.723. The lowest BCUT2D eigenvalue weighted by Crippen LogP contribution is -2.15. The first-order valence-electron chi connectivity index (χ1n) is 2.52. The summed E-state index contributed by atoms with van der Waals surface area (Å²) in [5.41, 5.74) is 2.56. The molecule has 0 aliphatic rings. The zero-order chi connectivity index (χ0) is 6.41. The maximum Gasteiger partial charge on any atom is 0.131 e. The van der Waals surface area contributed by atoms with Gasteiger partial charge >= 0.3 is 0 Å². The van der Waals surface area contributed by atoms with E-state index >= 15 is 0 Å². The Morgan fingerprint density at radius 3 is 2.75 bits per heavy atom. The van der Waals surface area contributed by atoms with Gasteiger partial charge in [-0.1, -0.05) is 0 Å². The van der Waals surface area contributed by atoms with Crippen LogP contribution < -0.4 is 5.48 Å². The molecule has 8 heavy (non-hydrogen) atoms. The van der Waals surface area contributed by atoms with Crippen molar-refractivity contribution in [2.24, 2.45) is 0 Å². The summed E-state index contributed by atoms with van der Waals surface area (Å²) in [6.45, 7) is 2.16. The molecular formula is C5H11NO2. The Kier molecular flexibility index (Phi) is 4.50. The maximum atomic E-state index is 10.2. The summed E-state index contributed by atoms with van der Waals surface area (Å²) < 4.78 is 0. The SMILES string of the molecule is CONCCC(C)=O. The summed E-state index contributed by atoms with van der Waals surface area (Å²) in [6, 6.07) is 0. The molecule has 0 aromatic rings. The molecule has 0 radical (unpaired) electrons. The number of carbonyl (C=O) groups is 1. The molecule has 0 rings (SSSR count). The van der Waals surface area contributed by atoms with Crippen molar-refractivity contribution in [3.8, 4) is 0 Å². The van der Waals surface area contributed by atoms with Gasteiger partial charge in [0.05, 0.1) is 7.11 Å². The van der Waals surface area contributed by atoms with Gasteiger partial charge in [0.2, 0.25) is 0 Å². The standard InChI is InChI=1S/C5H11NO2/c1-5(7)3-4-6-8-2/h6H,3-4H2,1-2H3. The molecule has 0 amide bonds. The van der Waals surface area contributed by atoms with Crippen LogP contribution in [0.1, 0.15) is 13.3 Å². The van der Waals surface area contributed by atoms with Crippen molar-refractivity contribution in [1.29, 1.82) is 0 Å². The number of hydrogen-bond acceptors (Lipinski definition) is 3. The van der Waals surface area contributed by atoms with Crippen LogP contribution in [0.3, 0.4) is 0 Å². The van der Waals surface area contributed by atoms with E-state index in [-0.39, 0.29) is 5.78 Å². The van der Waals surface area contributed by atoms with Crippen molar-refractivity contribution in [2.75, 3.05) is 13.7 Å². The molecule has 0 atom stereocenters. The molecule has 0 aliphatic heterocycles. The predicted molar refractivity (Wildman–Crippen MR) is 30.3 cm³/mol. The normalized spacial score (nSPS) is 9.25. The Balaban J connectivity index is 2.82. The number of hydrogen-bond donors (Lipinski definition) is 1. The first-order valence-corrected chi connectivity index (χ1v) is 2.52. The van der Waals surface area contributed by atoms with Crippen LogP contribution >= 0.6 is 0 Å². The Bertz CT molecular complexity index is 72.8. The van der Waals surface area contributed by atoms with E-state index in [0.29, 0.717) is 13.0 Å². The van der Waals surface area contributed by atoms with E-state index in [9.17, 15) is 4.79 Å². The number of carbonyl (C=O) groups excluding carboxylic acids is 1. The van der Waals surface area contributed by atoms with Gasteiger partial charge in [-0.3, -0.25) is 4.79 Å². The molecule has 3 heteroatoms. The third kappa shape index (κ3) is 5.59. The van der Waals surface area contributed by atoms with Crippen molar-refractivity contribution in [1.82, 2.24) is 5.48 Å². The molecule has 0 aromatic heterocycles. The quantitative estimate of drug-likeness (QED) is 0.419. The number of rotatable bonds is 4. The van der Waals surface area contributed by atoms with Gasteiger partial charge in [0.15, 0.2) is 0 Å². The second-order valence-corrected chi connectivity index (χ2v) is 1.55. The second kappa shape index (κ2) is 4.74. The van der Waals surface area contributed by atoms with Gasteiger partial charge < -0.3 is 4.84 Å². The number of hydroxylamine groups is 1. The Hall–Kier alpha value is -0.410. The van der Waals surface area contributed by atoms with E-state index in [4.69, 9.17) is 0 Å². The van der Waals surface area contributed by atoms with Crippen LogP contribution in [0.2, 0.25) is 0 Å². The van der Waals surface area contributed by atoms with Crippen LogP contribution in [-0.2, 0) is 9.63 Å². The Labute approximate surface area is 49.0 Å².